The van der Waals surface area contributed by atoms with Crippen LogP contribution in [0.25, 0.3) is 0 Å². The van der Waals surface area contributed by atoms with E-state index < -0.39 is 0 Å². The van der Waals surface area contributed by atoms with Crippen LogP contribution in [0.4, 0.5) is 0 Å². The normalized spacial score (nSPS) is 25.5. The van der Waals surface area contributed by atoms with Gasteiger partial charge in [0.2, 0.25) is 0 Å². The molecule has 0 aromatic rings. The molecule has 2 saturated heterocycles. The van der Waals surface area contributed by atoms with Crippen molar-refractivity contribution >= 4 is 0 Å². The van der Waals surface area contributed by atoms with Gasteiger partial charge in [0.15, 0.2) is 0 Å². The molecule has 2 aliphatic rings. The van der Waals surface area contributed by atoms with Gasteiger partial charge in [-0.1, -0.05) is 13.8 Å². The predicted octanol–water partition coefficient (Wildman–Crippen LogP) is 1.50. The highest BCUT2D eigenvalue weighted by Gasteiger charge is 2.36. The number of quaternary nitrogens is 2. The summed E-state index contributed by atoms with van der Waals surface area (Å²) < 4.78 is 13.8. The molecule has 2 rings (SSSR count). The minimum atomic E-state index is 0.955. The van der Waals surface area contributed by atoms with E-state index in [0.717, 1.165) is 26.4 Å². The lowest BCUT2D eigenvalue weighted by Crippen LogP contribution is -2.63. The highest BCUT2D eigenvalue weighted by molar-refractivity contribution is 4.55. The summed E-state index contributed by atoms with van der Waals surface area (Å²) in [5.74, 6) is 0. The van der Waals surface area contributed by atoms with Crippen molar-refractivity contribution in [2.75, 3.05) is 78.8 Å². The van der Waals surface area contributed by atoms with Crippen LogP contribution in [0, 0.1) is 0 Å². The predicted molar refractivity (Wildman–Crippen MR) is 81.7 cm³/mol. The molecule has 2 aliphatic heterocycles. The Morgan fingerprint density at radius 3 is 1.25 bits per heavy atom. The van der Waals surface area contributed by atoms with Crippen LogP contribution < -0.4 is 0 Å². The van der Waals surface area contributed by atoms with Gasteiger partial charge < -0.3 is 18.4 Å². The van der Waals surface area contributed by atoms with Gasteiger partial charge >= 0.3 is 0 Å². The maximum atomic E-state index is 5.59. The van der Waals surface area contributed by atoms with Gasteiger partial charge in [-0.2, -0.15) is 0 Å². The van der Waals surface area contributed by atoms with Gasteiger partial charge in [-0.05, 0) is 12.8 Å². The van der Waals surface area contributed by atoms with E-state index in [1.807, 2.05) is 0 Å². The van der Waals surface area contributed by atoms with Crippen molar-refractivity contribution in [2.24, 2.45) is 0 Å². The van der Waals surface area contributed by atoms with Crippen LogP contribution in [0.3, 0.4) is 0 Å². The first kappa shape index (κ1) is 16.2. The molecular formula is C16H34N2O2+2. The Balaban J connectivity index is 1.94. The third-order valence-corrected chi connectivity index (χ3v) is 5.28. The van der Waals surface area contributed by atoms with E-state index in [1.54, 1.807) is 0 Å². The van der Waals surface area contributed by atoms with Gasteiger partial charge in [0.05, 0.1) is 39.5 Å². The van der Waals surface area contributed by atoms with Gasteiger partial charge in [-0.25, -0.2) is 0 Å². The van der Waals surface area contributed by atoms with Crippen molar-refractivity contribution in [2.45, 2.75) is 26.7 Å². The van der Waals surface area contributed by atoms with Crippen LogP contribution in [-0.2, 0) is 9.47 Å². The van der Waals surface area contributed by atoms with Crippen molar-refractivity contribution in [3.8, 4) is 0 Å². The molecule has 0 bridgehead atoms. The topological polar surface area (TPSA) is 18.5 Å². The number of nitrogens with zero attached hydrogens (tertiary/aromatic N) is 2. The first-order valence-electron chi connectivity index (χ1n) is 8.60. The van der Waals surface area contributed by atoms with Crippen molar-refractivity contribution in [1.82, 2.24) is 0 Å². The average Bonchev–Trinajstić information content (AvgIpc) is 2.48. The Morgan fingerprint density at radius 2 is 0.950 bits per heavy atom. The zero-order chi connectivity index (χ0) is 14.3. The molecular weight excluding hydrogens is 252 g/mol. The summed E-state index contributed by atoms with van der Waals surface area (Å²) >= 11 is 0. The first-order valence-corrected chi connectivity index (χ1v) is 8.60. The highest BCUT2D eigenvalue weighted by Crippen LogP contribution is 2.18. The zero-order valence-electron chi connectivity index (χ0n) is 13.6. The number of morpholine rings is 2. The van der Waals surface area contributed by atoms with Crippen molar-refractivity contribution in [3.63, 3.8) is 0 Å². The van der Waals surface area contributed by atoms with Crippen LogP contribution in [0.5, 0.6) is 0 Å². The summed E-state index contributed by atoms with van der Waals surface area (Å²) in [5.41, 5.74) is 0. The SMILES string of the molecule is CCC[N+]1(CC[N+]2(CCC)CCOCC2)CCOCC1. The number of hydrogen-bond donors (Lipinski definition) is 0. The highest BCUT2D eigenvalue weighted by atomic mass is 16.5. The second-order valence-corrected chi connectivity index (χ2v) is 6.70. The summed E-state index contributed by atoms with van der Waals surface area (Å²) in [6, 6.07) is 0. The molecule has 4 nitrogen and oxygen atoms in total. The third kappa shape index (κ3) is 4.17. The van der Waals surface area contributed by atoms with Crippen molar-refractivity contribution in [3.05, 3.63) is 0 Å². The molecule has 4 heteroatoms. The Kier molecular flexibility index (Phi) is 6.27. The second kappa shape index (κ2) is 7.74. The molecule has 20 heavy (non-hydrogen) atoms. The third-order valence-electron chi connectivity index (χ3n) is 5.28. The lowest BCUT2D eigenvalue weighted by Gasteiger charge is -2.46. The minimum absolute atomic E-state index is 0.955. The molecule has 0 unspecified atom stereocenters. The Morgan fingerprint density at radius 1 is 0.600 bits per heavy atom. The number of ether oxygens (including phenoxy) is 2. The van der Waals surface area contributed by atoms with Crippen LogP contribution in [0.2, 0.25) is 0 Å². The summed E-state index contributed by atoms with van der Waals surface area (Å²) in [7, 11) is 0. The monoisotopic (exact) mass is 286 g/mol. The van der Waals surface area contributed by atoms with Gasteiger partial charge in [0, 0.05) is 0 Å². The summed E-state index contributed by atoms with van der Waals surface area (Å²) in [6.07, 6.45) is 2.58. The maximum Gasteiger partial charge on any atom is 0.129 e. The molecule has 0 aliphatic carbocycles. The van der Waals surface area contributed by atoms with Gasteiger partial charge in [-0.3, -0.25) is 0 Å². The smallest absolute Gasteiger partial charge is 0.129 e. The van der Waals surface area contributed by atoms with E-state index in [4.69, 9.17) is 9.47 Å². The lowest BCUT2D eigenvalue weighted by atomic mass is 10.2. The van der Waals surface area contributed by atoms with Crippen LogP contribution >= 0.6 is 0 Å². The van der Waals surface area contributed by atoms with Crippen LogP contribution in [0.1, 0.15) is 26.7 Å². The molecule has 118 valence electrons. The summed E-state index contributed by atoms with van der Waals surface area (Å²) in [5, 5.41) is 0. The molecule has 2 fully saturated rings. The second-order valence-electron chi connectivity index (χ2n) is 6.70. The number of rotatable bonds is 7. The van der Waals surface area contributed by atoms with E-state index in [2.05, 4.69) is 13.8 Å². The maximum absolute atomic E-state index is 5.59. The fourth-order valence-electron chi connectivity index (χ4n) is 3.95. The van der Waals surface area contributed by atoms with Gasteiger partial charge in [-0.15, -0.1) is 0 Å². The van der Waals surface area contributed by atoms with Crippen molar-refractivity contribution < 1.29 is 18.4 Å². The van der Waals surface area contributed by atoms with E-state index in [0.29, 0.717) is 0 Å². The van der Waals surface area contributed by atoms with Crippen LogP contribution in [-0.4, -0.2) is 87.8 Å². The lowest BCUT2D eigenvalue weighted by molar-refractivity contribution is -0.987. The quantitative estimate of drug-likeness (QED) is 0.660. The van der Waals surface area contributed by atoms with E-state index >= 15 is 0 Å². The molecule has 0 aromatic heterocycles. The zero-order valence-corrected chi connectivity index (χ0v) is 13.6. The first-order chi connectivity index (χ1) is 9.74. The molecule has 0 atom stereocenters. The molecule has 0 aromatic carbocycles. The average molecular weight is 286 g/mol. The fraction of sp³-hybridized carbons (Fsp3) is 1.00. The Labute approximate surface area is 124 Å². The fourth-order valence-corrected chi connectivity index (χ4v) is 3.95. The van der Waals surface area contributed by atoms with Crippen LogP contribution in [0.15, 0.2) is 0 Å². The molecule has 0 radical (unpaired) electrons. The molecule has 0 saturated carbocycles. The summed E-state index contributed by atoms with van der Waals surface area (Å²) in [6.45, 7) is 18.6. The van der Waals surface area contributed by atoms with E-state index in [-0.39, 0.29) is 0 Å². The number of hydrogen-bond acceptors (Lipinski definition) is 2. The van der Waals surface area contributed by atoms with Gasteiger partial charge in [0.1, 0.15) is 39.3 Å². The molecule has 0 amide bonds. The Hall–Kier alpha value is -0.160. The largest absolute Gasteiger partial charge is 0.370 e. The van der Waals surface area contributed by atoms with Gasteiger partial charge in [0.25, 0.3) is 0 Å². The Bertz CT molecular complexity index is 233. The minimum Gasteiger partial charge on any atom is -0.370 e. The molecule has 0 spiro atoms. The van der Waals surface area contributed by atoms with E-state index in [9.17, 15) is 0 Å². The summed E-state index contributed by atoms with van der Waals surface area (Å²) in [4.78, 5) is 0. The molecule has 0 N–H and O–H groups in total. The van der Waals surface area contributed by atoms with E-state index in [1.165, 1.54) is 74.2 Å². The standard InChI is InChI=1S/C16H34N2O2/c1-3-5-17(9-13-19-14-10-17)7-8-18(6-4-2)11-15-20-16-12-18/h3-16H2,1-2H3/q+2. The van der Waals surface area contributed by atoms with Crippen molar-refractivity contribution in [1.29, 1.82) is 0 Å². The molecule has 2 heterocycles.